The van der Waals surface area contributed by atoms with Crippen molar-refractivity contribution in [1.29, 1.82) is 5.26 Å². The molecule has 2 rings (SSSR count). The zero-order chi connectivity index (χ0) is 13.3. The molecule has 1 fully saturated rings. The van der Waals surface area contributed by atoms with Crippen LogP contribution in [0.3, 0.4) is 0 Å². The van der Waals surface area contributed by atoms with E-state index in [-0.39, 0.29) is 5.78 Å². The number of Topliss-reactive ketones (excluding diaryl/α,β-unsaturated/α-hetero) is 1. The topological polar surface area (TPSA) is 44.1 Å². The minimum atomic E-state index is 0.0571. The standard InChI is InChI=1S/C15H18N2O/c1-10-8-17(9-11(10)2)15-6-13(7-16)4-5-14(15)12(3)18/h4-6,10-11H,8-9H2,1-3H3. The molecule has 1 aliphatic rings. The SMILES string of the molecule is CC(=O)c1ccc(C#N)cc1N1CC(C)C(C)C1. The number of nitrogens with zero attached hydrogens (tertiary/aromatic N) is 2. The number of carbonyl (C=O) groups is 1. The normalized spacial score (nSPS) is 22.9. The van der Waals surface area contributed by atoms with Crippen LogP contribution in [0.5, 0.6) is 0 Å². The Hall–Kier alpha value is -1.82. The summed E-state index contributed by atoms with van der Waals surface area (Å²) in [7, 11) is 0. The molecule has 18 heavy (non-hydrogen) atoms. The maximum Gasteiger partial charge on any atom is 0.161 e. The molecule has 1 aromatic rings. The third-order valence-electron chi connectivity index (χ3n) is 3.83. The first-order valence-corrected chi connectivity index (χ1v) is 6.33. The van der Waals surface area contributed by atoms with Crippen LogP contribution in [0, 0.1) is 23.2 Å². The Labute approximate surface area is 108 Å². The van der Waals surface area contributed by atoms with Crippen molar-refractivity contribution >= 4 is 11.5 Å². The van der Waals surface area contributed by atoms with E-state index in [1.165, 1.54) is 0 Å². The summed E-state index contributed by atoms with van der Waals surface area (Å²) in [5.41, 5.74) is 2.25. The van der Waals surface area contributed by atoms with Crippen molar-refractivity contribution in [3.8, 4) is 6.07 Å². The fraction of sp³-hybridized carbons (Fsp3) is 0.467. The van der Waals surface area contributed by atoms with Gasteiger partial charge in [0.1, 0.15) is 0 Å². The molecule has 0 saturated carbocycles. The Morgan fingerprint density at radius 2 is 1.94 bits per heavy atom. The fourth-order valence-corrected chi connectivity index (χ4v) is 2.49. The van der Waals surface area contributed by atoms with Gasteiger partial charge in [-0.05, 0) is 37.0 Å². The van der Waals surface area contributed by atoms with E-state index in [4.69, 9.17) is 5.26 Å². The van der Waals surface area contributed by atoms with E-state index in [0.717, 1.165) is 24.3 Å². The maximum absolute atomic E-state index is 11.7. The lowest BCUT2D eigenvalue weighted by atomic mass is 10.0. The average Bonchev–Trinajstić information content (AvgIpc) is 2.68. The number of nitriles is 1. The third kappa shape index (κ3) is 2.24. The van der Waals surface area contributed by atoms with Crippen LogP contribution in [0.15, 0.2) is 18.2 Å². The Balaban J connectivity index is 2.42. The van der Waals surface area contributed by atoms with Gasteiger partial charge >= 0.3 is 0 Å². The molecule has 0 spiro atoms. The number of ketones is 1. The summed E-state index contributed by atoms with van der Waals surface area (Å²) in [6, 6.07) is 7.46. The Kier molecular flexibility index (Phi) is 3.38. The molecule has 2 unspecified atom stereocenters. The predicted octanol–water partition coefficient (Wildman–Crippen LogP) is 2.85. The fourth-order valence-electron chi connectivity index (χ4n) is 2.49. The summed E-state index contributed by atoms with van der Waals surface area (Å²) in [6.07, 6.45) is 0. The van der Waals surface area contributed by atoms with Gasteiger partial charge in [-0.3, -0.25) is 4.79 Å². The van der Waals surface area contributed by atoms with Gasteiger partial charge < -0.3 is 4.90 Å². The number of carbonyl (C=O) groups excluding carboxylic acids is 1. The lowest BCUT2D eigenvalue weighted by Gasteiger charge is -2.21. The van der Waals surface area contributed by atoms with Crippen LogP contribution in [-0.2, 0) is 0 Å². The summed E-state index contributed by atoms with van der Waals surface area (Å²) in [4.78, 5) is 13.9. The van der Waals surface area contributed by atoms with Crippen molar-refractivity contribution < 1.29 is 4.79 Å². The smallest absolute Gasteiger partial charge is 0.161 e. The molecule has 94 valence electrons. The summed E-state index contributed by atoms with van der Waals surface area (Å²) < 4.78 is 0. The summed E-state index contributed by atoms with van der Waals surface area (Å²) in [5.74, 6) is 1.30. The number of anilines is 1. The molecule has 0 aliphatic carbocycles. The summed E-state index contributed by atoms with van der Waals surface area (Å²) in [6.45, 7) is 7.94. The summed E-state index contributed by atoms with van der Waals surface area (Å²) in [5, 5.41) is 8.98. The average molecular weight is 242 g/mol. The van der Waals surface area contributed by atoms with Gasteiger partial charge in [-0.2, -0.15) is 5.26 Å². The van der Waals surface area contributed by atoms with Gasteiger partial charge in [0.2, 0.25) is 0 Å². The number of hydrogen-bond acceptors (Lipinski definition) is 3. The lowest BCUT2D eigenvalue weighted by Crippen LogP contribution is -2.22. The second kappa shape index (κ2) is 4.81. The number of rotatable bonds is 2. The molecule has 1 heterocycles. The largest absolute Gasteiger partial charge is 0.370 e. The molecular weight excluding hydrogens is 224 g/mol. The summed E-state index contributed by atoms with van der Waals surface area (Å²) >= 11 is 0. The van der Waals surface area contributed by atoms with E-state index in [1.807, 2.05) is 6.07 Å². The van der Waals surface area contributed by atoms with Gasteiger partial charge in [0.05, 0.1) is 11.6 Å². The molecule has 0 radical (unpaired) electrons. The van der Waals surface area contributed by atoms with E-state index >= 15 is 0 Å². The van der Waals surface area contributed by atoms with Crippen LogP contribution in [0.4, 0.5) is 5.69 Å². The Morgan fingerprint density at radius 3 is 2.44 bits per heavy atom. The maximum atomic E-state index is 11.7. The van der Waals surface area contributed by atoms with Crippen molar-refractivity contribution in [2.75, 3.05) is 18.0 Å². The lowest BCUT2D eigenvalue weighted by molar-refractivity contribution is 0.101. The van der Waals surface area contributed by atoms with Gasteiger partial charge in [-0.15, -0.1) is 0 Å². The molecule has 2 atom stereocenters. The first-order chi connectivity index (χ1) is 8.52. The molecule has 3 nitrogen and oxygen atoms in total. The zero-order valence-electron chi connectivity index (χ0n) is 11.1. The Bertz CT molecular complexity index is 506. The molecular formula is C15H18N2O. The van der Waals surface area contributed by atoms with E-state index in [0.29, 0.717) is 17.4 Å². The van der Waals surface area contributed by atoms with Crippen LogP contribution in [0.1, 0.15) is 36.7 Å². The van der Waals surface area contributed by atoms with Crippen molar-refractivity contribution in [3.63, 3.8) is 0 Å². The van der Waals surface area contributed by atoms with Crippen LogP contribution in [0.25, 0.3) is 0 Å². The molecule has 0 aromatic heterocycles. The number of benzene rings is 1. The molecule has 1 saturated heterocycles. The van der Waals surface area contributed by atoms with Gasteiger partial charge in [0.15, 0.2) is 5.78 Å². The molecule has 0 bridgehead atoms. The van der Waals surface area contributed by atoms with Crippen molar-refractivity contribution in [1.82, 2.24) is 0 Å². The van der Waals surface area contributed by atoms with Crippen molar-refractivity contribution in [2.45, 2.75) is 20.8 Å². The highest BCUT2D eigenvalue weighted by Crippen LogP contribution is 2.31. The Morgan fingerprint density at radius 1 is 1.33 bits per heavy atom. The minimum Gasteiger partial charge on any atom is -0.370 e. The van der Waals surface area contributed by atoms with Gasteiger partial charge in [-0.1, -0.05) is 13.8 Å². The third-order valence-corrected chi connectivity index (χ3v) is 3.83. The van der Waals surface area contributed by atoms with Gasteiger partial charge in [0, 0.05) is 24.3 Å². The first-order valence-electron chi connectivity index (χ1n) is 6.33. The minimum absolute atomic E-state index is 0.0571. The van der Waals surface area contributed by atoms with E-state index in [1.54, 1.807) is 19.1 Å². The van der Waals surface area contributed by atoms with Gasteiger partial charge in [0.25, 0.3) is 0 Å². The first kappa shape index (κ1) is 12.6. The van der Waals surface area contributed by atoms with Crippen molar-refractivity contribution in [3.05, 3.63) is 29.3 Å². The van der Waals surface area contributed by atoms with E-state index in [9.17, 15) is 4.79 Å². The van der Waals surface area contributed by atoms with Crippen molar-refractivity contribution in [2.24, 2.45) is 11.8 Å². The zero-order valence-corrected chi connectivity index (χ0v) is 11.1. The molecule has 1 aliphatic heterocycles. The second-order valence-corrected chi connectivity index (χ2v) is 5.26. The second-order valence-electron chi connectivity index (χ2n) is 5.26. The molecule has 1 aromatic carbocycles. The highest BCUT2D eigenvalue weighted by atomic mass is 16.1. The highest BCUT2D eigenvalue weighted by Gasteiger charge is 2.28. The molecule has 3 heteroatoms. The van der Waals surface area contributed by atoms with Gasteiger partial charge in [-0.25, -0.2) is 0 Å². The molecule has 0 N–H and O–H groups in total. The molecule has 0 amide bonds. The van der Waals surface area contributed by atoms with E-state index < -0.39 is 0 Å². The van der Waals surface area contributed by atoms with Crippen LogP contribution >= 0.6 is 0 Å². The predicted molar refractivity (Wildman–Crippen MR) is 71.7 cm³/mol. The highest BCUT2D eigenvalue weighted by molar-refractivity contribution is 6.00. The quantitative estimate of drug-likeness (QED) is 0.749. The number of hydrogen-bond donors (Lipinski definition) is 0. The van der Waals surface area contributed by atoms with Crippen LogP contribution < -0.4 is 4.90 Å². The van der Waals surface area contributed by atoms with Crippen LogP contribution in [-0.4, -0.2) is 18.9 Å². The van der Waals surface area contributed by atoms with E-state index in [2.05, 4.69) is 24.8 Å². The monoisotopic (exact) mass is 242 g/mol. The van der Waals surface area contributed by atoms with Crippen LogP contribution in [0.2, 0.25) is 0 Å².